The monoisotopic (exact) mass is 934 g/mol. The van der Waals surface area contributed by atoms with E-state index in [0.29, 0.717) is 35.5 Å². The average Bonchev–Trinajstić information content (AvgIpc) is 3.23. The van der Waals surface area contributed by atoms with Crippen molar-refractivity contribution in [1.82, 2.24) is 0 Å². The quantitative estimate of drug-likeness (QED) is 0.0291. The largest absolute Gasteiger partial charge is 2.00 e. The normalized spacial score (nSPS) is 11.4. The van der Waals surface area contributed by atoms with Gasteiger partial charge in [0.05, 0.1) is 4.90 Å². The van der Waals surface area contributed by atoms with E-state index in [1.54, 1.807) is 60.7 Å². The second-order valence-corrected chi connectivity index (χ2v) is 18.9. The Morgan fingerprint density at radius 2 is 0.841 bits per heavy atom. The number of para-hydroxylation sites is 2. The van der Waals surface area contributed by atoms with Gasteiger partial charge in [-0.05, 0) is 79.3 Å². The molecule has 0 saturated carbocycles. The Balaban J connectivity index is 0.000000427. The second-order valence-electron chi connectivity index (χ2n) is 16.2. The molecule has 0 aromatic heterocycles. The van der Waals surface area contributed by atoms with Crippen molar-refractivity contribution in [1.29, 1.82) is 0 Å². The molecule has 10 nitrogen and oxygen atoms in total. The van der Waals surface area contributed by atoms with Crippen molar-refractivity contribution < 1.29 is 45.6 Å². The molecule has 2 N–H and O–H groups in total. The Bertz CT molecular complexity index is 1910. The first kappa shape index (κ1) is 56.3. The number of aromatic hydroxyl groups is 1. The summed E-state index contributed by atoms with van der Waals surface area (Å²) in [6.45, 7) is 4.46. The molecule has 0 heterocycles. The predicted molar refractivity (Wildman–Crippen MR) is 251 cm³/mol. The number of hydrogen-bond acceptors (Lipinski definition) is 9. The number of aryl methyl sites for hydroxylation is 2. The summed E-state index contributed by atoms with van der Waals surface area (Å²) in [5.74, 6) is -0.875. The minimum atomic E-state index is -4.83. The van der Waals surface area contributed by atoms with E-state index in [1.807, 2.05) is 0 Å². The van der Waals surface area contributed by atoms with Gasteiger partial charge in [-0.25, -0.2) is 8.42 Å². The minimum Gasteiger partial charge on any atom is -0.870 e. The van der Waals surface area contributed by atoms with Crippen molar-refractivity contribution in [2.24, 2.45) is 0 Å². The van der Waals surface area contributed by atoms with Gasteiger partial charge in [0, 0.05) is 0 Å². The molecule has 4 rings (SSSR count). The van der Waals surface area contributed by atoms with E-state index in [9.17, 15) is 36.2 Å². The number of unbranched alkanes of at least 4 members (excludes halogenated alkanes) is 20. The molecule has 0 aliphatic carbocycles. The van der Waals surface area contributed by atoms with Crippen molar-refractivity contribution in [3.05, 3.63) is 96.1 Å². The van der Waals surface area contributed by atoms with Crippen molar-refractivity contribution in [3.8, 4) is 34.5 Å². The zero-order chi connectivity index (χ0) is 45.1. The Morgan fingerprint density at radius 1 is 0.492 bits per heavy atom. The Labute approximate surface area is 408 Å². The van der Waals surface area contributed by atoms with Gasteiger partial charge in [0.2, 0.25) is 0 Å². The molecule has 13 heteroatoms. The zero-order valence-corrected chi connectivity index (χ0v) is 41.6. The molecule has 344 valence electrons. The van der Waals surface area contributed by atoms with Crippen LogP contribution in [0, 0.1) is 0 Å². The molecule has 0 fully saturated rings. The van der Waals surface area contributed by atoms with Crippen LogP contribution in [0.1, 0.15) is 166 Å². The Hall–Kier alpha value is -2.84. The van der Waals surface area contributed by atoms with E-state index in [-0.39, 0.29) is 49.2 Å². The first-order valence-electron chi connectivity index (χ1n) is 22.9. The fourth-order valence-corrected chi connectivity index (χ4v) is 8.69. The van der Waals surface area contributed by atoms with Gasteiger partial charge in [-0.3, -0.25) is 4.55 Å². The van der Waals surface area contributed by atoms with Crippen LogP contribution in [0.15, 0.2) is 94.7 Å². The summed E-state index contributed by atoms with van der Waals surface area (Å²) in [5, 5.41) is 22.9. The Kier molecular flexibility index (Phi) is 28.5. The fraction of sp³-hybridized carbons (Fsp3) is 0.520. The van der Waals surface area contributed by atoms with Crippen LogP contribution < -0.4 is 14.6 Å². The second kappa shape index (κ2) is 31.9. The molecule has 0 atom stereocenters. The first-order chi connectivity index (χ1) is 29.8. The van der Waals surface area contributed by atoms with Gasteiger partial charge in [0.25, 0.3) is 10.1 Å². The van der Waals surface area contributed by atoms with Gasteiger partial charge in [-0.15, -0.1) is 0 Å². The third-order valence-electron chi connectivity index (χ3n) is 10.8. The van der Waals surface area contributed by atoms with E-state index in [0.717, 1.165) is 38.5 Å². The summed E-state index contributed by atoms with van der Waals surface area (Å²) in [5.41, 5.74) is 1.23. The summed E-state index contributed by atoms with van der Waals surface area (Å²) in [6.07, 6.45) is 28.1. The van der Waals surface area contributed by atoms with Gasteiger partial charge in [0.1, 0.15) is 32.3 Å². The van der Waals surface area contributed by atoms with Crippen LogP contribution in [0.3, 0.4) is 0 Å². The van der Waals surface area contributed by atoms with E-state index < -0.39 is 41.5 Å². The third kappa shape index (κ3) is 23.3. The zero-order valence-electron chi connectivity index (χ0n) is 37.7. The van der Waals surface area contributed by atoms with Crippen LogP contribution in [0.25, 0.3) is 0 Å². The minimum absolute atomic E-state index is 0. The van der Waals surface area contributed by atoms with Crippen LogP contribution in [-0.2, 0) is 33.1 Å². The van der Waals surface area contributed by atoms with E-state index in [2.05, 4.69) is 13.8 Å². The van der Waals surface area contributed by atoms with E-state index in [4.69, 9.17) is 9.47 Å². The standard InChI is InChI=1S/2C25H36O5S.Ca/c2*1-2-3-4-5-6-7-8-9-10-11-13-16-21-19-23(26)25(24(20-21)31(27,28)29)30-22-17-14-12-15-18-22;/h2*12,14-15,17-20,26H,2-11,13,16H2,1H3,(H,27,28,29);/q;;+2/p-2. The Morgan fingerprint density at radius 3 is 1.22 bits per heavy atom. The number of rotatable bonds is 30. The summed E-state index contributed by atoms with van der Waals surface area (Å²) in [7, 11) is -9.37. The number of hydrogen-bond donors (Lipinski definition) is 2. The van der Waals surface area contributed by atoms with Gasteiger partial charge in [-0.2, -0.15) is 8.42 Å². The molecule has 0 saturated heterocycles. The van der Waals surface area contributed by atoms with E-state index in [1.165, 1.54) is 127 Å². The maximum atomic E-state index is 12.5. The molecule has 63 heavy (non-hydrogen) atoms. The summed E-state index contributed by atoms with van der Waals surface area (Å²) < 4.78 is 79.6. The van der Waals surface area contributed by atoms with Gasteiger partial charge >= 0.3 is 37.7 Å². The van der Waals surface area contributed by atoms with Crippen LogP contribution in [0.5, 0.6) is 34.5 Å². The third-order valence-corrected chi connectivity index (χ3v) is 12.5. The predicted octanol–water partition coefficient (Wildman–Crippen LogP) is 13.2. The summed E-state index contributed by atoms with van der Waals surface area (Å²) in [6, 6.07) is 22.5. The maximum Gasteiger partial charge on any atom is 2.00 e. The molecule has 0 amide bonds. The maximum absolute atomic E-state index is 12.5. The molecule has 4 aromatic rings. The molecule has 4 aromatic carbocycles. The van der Waals surface area contributed by atoms with Crippen molar-refractivity contribution in [2.45, 2.75) is 178 Å². The molecule has 0 spiro atoms. The van der Waals surface area contributed by atoms with Gasteiger partial charge in [0.15, 0.2) is 11.5 Å². The molecule has 0 aliphatic rings. The molecular formula is C50H70CaO10S2. The van der Waals surface area contributed by atoms with Crippen LogP contribution in [0.2, 0.25) is 0 Å². The molecule has 0 aliphatic heterocycles. The van der Waals surface area contributed by atoms with Crippen molar-refractivity contribution in [2.75, 3.05) is 0 Å². The van der Waals surface area contributed by atoms with Gasteiger partial charge < -0.3 is 24.2 Å². The first-order valence-corrected chi connectivity index (χ1v) is 25.8. The van der Waals surface area contributed by atoms with E-state index >= 15 is 0 Å². The number of ether oxygens (including phenoxy) is 2. The summed E-state index contributed by atoms with van der Waals surface area (Å²) >= 11 is 0. The fourth-order valence-electron chi connectivity index (χ4n) is 7.34. The van der Waals surface area contributed by atoms with Crippen LogP contribution >= 0.6 is 0 Å². The van der Waals surface area contributed by atoms with Crippen LogP contribution in [0.4, 0.5) is 0 Å². The molecule has 0 bridgehead atoms. The molecule has 0 unspecified atom stereocenters. The SMILES string of the molecule is CCCCCCCCCCCCCc1cc(O)c(Oc2ccccc2)c(S(=O)(=O)O)c1.CCCCCCCCCCCCCc1cc([O-])c(Oc2ccccc2)c(S(=O)(=O)[O-])c1.[Ca+2]. The summed E-state index contributed by atoms with van der Waals surface area (Å²) in [4.78, 5) is -0.989. The van der Waals surface area contributed by atoms with Crippen LogP contribution in [-0.4, -0.2) is 68.8 Å². The number of phenols is 1. The molecule has 0 radical (unpaired) electrons. The smallest absolute Gasteiger partial charge is 0.870 e. The number of benzene rings is 4. The topological polar surface area (TPSA) is 173 Å². The molecular weight excluding hydrogens is 865 g/mol. The number of phenolic OH excluding ortho intramolecular Hbond substituents is 1. The van der Waals surface area contributed by atoms with Crippen molar-refractivity contribution in [3.63, 3.8) is 0 Å². The van der Waals surface area contributed by atoms with Crippen molar-refractivity contribution >= 4 is 58.0 Å². The average molecular weight is 935 g/mol. The van der Waals surface area contributed by atoms with Gasteiger partial charge in [-0.1, -0.05) is 190 Å².